The lowest BCUT2D eigenvalue weighted by Crippen LogP contribution is -2.44. The molecule has 1 aromatic heterocycles. The summed E-state index contributed by atoms with van der Waals surface area (Å²) in [6.07, 6.45) is 10.0. The van der Waals surface area contributed by atoms with Crippen LogP contribution in [0, 0.1) is 11.3 Å². The SMILES string of the molecule is CN=C(NCC(c1ccco1)N1CCCC1)NCC1(C2CC2)CC1. The van der Waals surface area contributed by atoms with Crippen LogP contribution in [0.1, 0.15) is 50.3 Å². The Balaban J connectivity index is 1.32. The topological polar surface area (TPSA) is 52.8 Å². The van der Waals surface area contributed by atoms with E-state index in [1.807, 2.05) is 13.1 Å². The normalized spacial score (nSPS) is 24.8. The van der Waals surface area contributed by atoms with Crippen molar-refractivity contribution in [2.45, 2.75) is 44.6 Å². The summed E-state index contributed by atoms with van der Waals surface area (Å²) in [6, 6.07) is 4.37. The Labute approximate surface area is 144 Å². The monoisotopic (exact) mass is 330 g/mol. The molecule has 4 rings (SSSR count). The zero-order valence-corrected chi connectivity index (χ0v) is 14.8. The van der Waals surface area contributed by atoms with E-state index < -0.39 is 0 Å². The standard InChI is InChI=1S/C19H30N4O/c1-20-18(22-14-19(8-9-19)15-6-7-15)21-13-16(17-5-4-12-24-17)23-10-2-3-11-23/h4-5,12,15-16H,2-3,6-11,13-14H2,1H3,(H2,20,21,22). The maximum absolute atomic E-state index is 5.70. The Bertz CT molecular complexity index is 554. The third-order valence-electron chi connectivity index (χ3n) is 6.08. The van der Waals surface area contributed by atoms with E-state index in [0.29, 0.717) is 11.5 Å². The van der Waals surface area contributed by atoms with Gasteiger partial charge in [-0.25, -0.2) is 0 Å². The number of nitrogens with zero attached hydrogens (tertiary/aromatic N) is 2. The van der Waals surface area contributed by atoms with Crippen molar-refractivity contribution in [2.24, 2.45) is 16.3 Å². The predicted molar refractivity (Wildman–Crippen MR) is 96.0 cm³/mol. The number of hydrogen-bond acceptors (Lipinski definition) is 3. The van der Waals surface area contributed by atoms with Crippen LogP contribution in [0.5, 0.6) is 0 Å². The Morgan fingerprint density at radius 1 is 1.33 bits per heavy atom. The van der Waals surface area contributed by atoms with Crippen molar-refractivity contribution in [3.05, 3.63) is 24.2 Å². The molecule has 1 aliphatic heterocycles. The van der Waals surface area contributed by atoms with Gasteiger partial charge in [0.1, 0.15) is 5.76 Å². The lowest BCUT2D eigenvalue weighted by molar-refractivity contribution is 0.215. The number of furan rings is 1. The van der Waals surface area contributed by atoms with Gasteiger partial charge in [0.25, 0.3) is 0 Å². The lowest BCUT2D eigenvalue weighted by atomic mass is 10.0. The maximum Gasteiger partial charge on any atom is 0.191 e. The van der Waals surface area contributed by atoms with E-state index in [9.17, 15) is 0 Å². The fourth-order valence-electron chi connectivity index (χ4n) is 4.20. The van der Waals surface area contributed by atoms with E-state index in [-0.39, 0.29) is 0 Å². The van der Waals surface area contributed by atoms with Crippen molar-refractivity contribution in [1.29, 1.82) is 0 Å². The van der Waals surface area contributed by atoms with E-state index >= 15 is 0 Å². The van der Waals surface area contributed by atoms with Crippen molar-refractivity contribution in [3.63, 3.8) is 0 Å². The second-order valence-electron chi connectivity index (χ2n) is 7.72. The Morgan fingerprint density at radius 3 is 2.71 bits per heavy atom. The molecule has 24 heavy (non-hydrogen) atoms. The van der Waals surface area contributed by atoms with Gasteiger partial charge in [-0.3, -0.25) is 9.89 Å². The molecule has 0 bridgehead atoms. The van der Waals surface area contributed by atoms with Gasteiger partial charge in [0.15, 0.2) is 5.96 Å². The van der Waals surface area contributed by atoms with Crippen LogP contribution in [0.25, 0.3) is 0 Å². The molecule has 1 saturated heterocycles. The average Bonchev–Trinajstić information content (AvgIpc) is 3.48. The fourth-order valence-corrected chi connectivity index (χ4v) is 4.20. The van der Waals surface area contributed by atoms with Crippen LogP contribution >= 0.6 is 0 Å². The molecule has 2 aliphatic carbocycles. The number of nitrogens with one attached hydrogen (secondary N) is 2. The van der Waals surface area contributed by atoms with Crippen molar-refractivity contribution in [3.8, 4) is 0 Å². The van der Waals surface area contributed by atoms with Crippen LogP contribution < -0.4 is 10.6 Å². The summed E-state index contributed by atoms with van der Waals surface area (Å²) >= 11 is 0. The first-order chi connectivity index (χ1) is 11.8. The van der Waals surface area contributed by atoms with Crippen molar-refractivity contribution < 1.29 is 4.42 Å². The zero-order valence-electron chi connectivity index (χ0n) is 14.8. The van der Waals surface area contributed by atoms with Gasteiger partial charge in [-0.1, -0.05) is 0 Å². The fraction of sp³-hybridized carbons (Fsp3) is 0.737. The van der Waals surface area contributed by atoms with Gasteiger partial charge in [0.2, 0.25) is 0 Å². The number of aliphatic imine (C=N–C) groups is 1. The van der Waals surface area contributed by atoms with Gasteiger partial charge < -0.3 is 15.1 Å². The van der Waals surface area contributed by atoms with Crippen LogP contribution in [-0.4, -0.2) is 44.1 Å². The highest BCUT2D eigenvalue weighted by Gasteiger charge is 2.53. The van der Waals surface area contributed by atoms with E-state index in [1.54, 1.807) is 6.26 Å². The van der Waals surface area contributed by atoms with Gasteiger partial charge in [0, 0.05) is 20.1 Å². The molecule has 0 radical (unpaired) electrons. The zero-order chi connectivity index (χ0) is 16.4. The Hall–Kier alpha value is -1.49. The molecule has 132 valence electrons. The van der Waals surface area contributed by atoms with Crippen LogP contribution in [0.15, 0.2) is 27.8 Å². The van der Waals surface area contributed by atoms with E-state index in [2.05, 4.69) is 26.6 Å². The van der Waals surface area contributed by atoms with Crippen LogP contribution in [0.2, 0.25) is 0 Å². The molecule has 2 saturated carbocycles. The second-order valence-corrected chi connectivity index (χ2v) is 7.72. The van der Waals surface area contributed by atoms with Crippen molar-refractivity contribution in [2.75, 3.05) is 33.2 Å². The Morgan fingerprint density at radius 2 is 2.12 bits per heavy atom. The summed E-state index contributed by atoms with van der Waals surface area (Å²) in [5.41, 5.74) is 0.590. The van der Waals surface area contributed by atoms with Crippen molar-refractivity contribution >= 4 is 5.96 Å². The summed E-state index contributed by atoms with van der Waals surface area (Å²) in [5, 5.41) is 7.11. The quantitative estimate of drug-likeness (QED) is 0.596. The molecule has 1 unspecified atom stereocenters. The van der Waals surface area contributed by atoms with Gasteiger partial charge in [-0.15, -0.1) is 0 Å². The van der Waals surface area contributed by atoms with Gasteiger partial charge in [-0.05, 0) is 75.1 Å². The minimum absolute atomic E-state index is 0.291. The molecule has 0 amide bonds. The highest BCUT2D eigenvalue weighted by Crippen LogP contribution is 2.60. The summed E-state index contributed by atoms with van der Waals surface area (Å²) < 4.78 is 5.70. The second kappa shape index (κ2) is 6.79. The maximum atomic E-state index is 5.70. The number of hydrogen-bond donors (Lipinski definition) is 2. The van der Waals surface area contributed by atoms with Gasteiger partial charge in [-0.2, -0.15) is 0 Å². The first-order valence-electron chi connectivity index (χ1n) is 9.53. The summed E-state index contributed by atoms with van der Waals surface area (Å²) in [6.45, 7) is 4.23. The molecule has 5 heteroatoms. The minimum Gasteiger partial charge on any atom is -0.468 e. The molecule has 3 aliphatic rings. The molecule has 0 aromatic carbocycles. The number of likely N-dealkylation sites (tertiary alicyclic amines) is 1. The molecule has 1 atom stereocenters. The summed E-state index contributed by atoms with van der Waals surface area (Å²) in [7, 11) is 1.86. The van der Waals surface area contributed by atoms with Crippen molar-refractivity contribution in [1.82, 2.24) is 15.5 Å². The minimum atomic E-state index is 0.291. The number of guanidine groups is 1. The van der Waals surface area contributed by atoms with Crippen LogP contribution in [0.4, 0.5) is 0 Å². The largest absolute Gasteiger partial charge is 0.468 e. The third-order valence-corrected chi connectivity index (χ3v) is 6.08. The van der Waals surface area contributed by atoms with Gasteiger partial charge >= 0.3 is 0 Å². The predicted octanol–water partition coefficient (Wildman–Crippen LogP) is 2.77. The van der Waals surface area contributed by atoms with E-state index in [0.717, 1.165) is 43.8 Å². The molecule has 3 fully saturated rings. The summed E-state index contributed by atoms with van der Waals surface area (Å²) in [5.74, 6) is 2.96. The molecular weight excluding hydrogens is 300 g/mol. The first-order valence-corrected chi connectivity index (χ1v) is 9.53. The highest BCUT2D eigenvalue weighted by molar-refractivity contribution is 5.79. The third kappa shape index (κ3) is 3.46. The smallest absolute Gasteiger partial charge is 0.191 e. The first kappa shape index (κ1) is 16.0. The lowest BCUT2D eigenvalue weighted by Gasteiger charge is -2.27. The highest BCUT2D eigenvalue weighted by atomic mass is 16.3. The van der Waals surface area contributed by atoms with Gasteiger partial charge in [0.05, 0.1) is 12.3 Å². The Kier molecular flexibility index (Phi) is 4.53. The molecule has 2 N–H and O–H groups in total. The molecule has 2 heterocycles. The van der Waals surface area contributed by atoms with Crippen LogP contribution in [-0.2, 0) is 0 Å². The molecule has 1 aromatic rings. The number of rotatable bonds is 7. The molecular formula is C19H30N4O. The summed E-state index contributed by atoms with van der Waals surface area (Å²) in [4.78, 5) is 6.94. The molecule has 0 spiro atoms. The van der Waals surface area contributed by atoms with Crippen LogP contribution in [0.3, 0.4) is 0 Å². The van der Waals surface area contributed by atoms with E-state index in [1.165, 1.54) is 38.5 Å². The molecule has 5 nitrogen and oxygen atoms in total. The average molecular weight is 330 g/mol. The van der Waals surface area contributed by atoms with E-state index in [4.69, 9.17) is 4.42 Å².